The van der Waals surface area contributed by atoms with E-state index in [2.05, 4.69) is 22.5 Å². The normalized spacial score (nSPS) is 11.9. The summed E-state index contributed by atoms with van der Waals surface area (Å²) in [5, 5.41) is 18.3. The predicted octanol–water partition coefficient (Wildman–Crippen LogP) is 5.11. The van der Waals surface area contributed by atoms with Crippen LogP contribution >= 0.6 is 11.6 Å². The van der Waals surface area contributed by atoms with Crippen molar-refractivity contribution in [1.82, 2.24) is 15.1 Å². The molecule has 0 fully saturated rings. The highest BCUT2D eigenvalue weighted by atomic mass is 35.5. The molecule has 0 aliphatic rings. The van der Waals surface area contributed by atoms with E-state index in [4.69, 9.17) is 21.1 Å². The van der Waals surface area contributed by atoms with Gasteiger partial charge in [-0.05, 0) is 48.7 Å². The molecule has 3 aromatic carbocycles. The average Bonchev–Trinajstić information content (AvgIpc) is 3.19. The third-order valence-electron chi connectivity index (χ3n) is 5.86. The van der Waals surface area contributed by atoms with E-state index in [9.17, 15) is 5.11 Å². The number of methoxy groups -OCH3 is 1. The van der Waals surface area contributed by atoms with Gasteiger partial charge in [-0.15, -0.1) is 0 Å². The van der Waals surface area contributed by atoms with Crippen LogP contribution in [0.3, 0.4) is 0 Å². The minimum atomic E-state index is -0.0365. The van der Waals surface area contributed by atoms with E-state index in [0.717, 1.165) is 28.9 Å². The Hall–Kier alpha value is -3.32. The Kier molecular flexibility index (Phi) is 8.42. The predicted molar refractivity (Wildman–Crippen MR) is 138 cm³/mol. The number of nitrogens with one attached hydrogen (secondary N) is 1. The van der Waals surface area contributed by atoms with Crippen LogP contribution in [0.2, 0.25) is 5.15 Å². The first-order chi connectivity index (χ1) is 17.1. The number of rotatable bonds is 11. The van der Waals surface area contributed by atoms with E-state index in [1.54, 1.807) is 11.8 Å². The van der Waals surface area contributed by atoms with Gasteiger partial charge in [0.15, 0.2) is 11.5 Å². The molecule has 4 aromatic rings. The molecular formula is C28H30ClN3O3. The third kappa shape index (κ3) is 6.22. The van der Waals surface area contributed by atoms with Crippen molar-refractivity contribution in [1.29, 1.82) is 0 Å². The van der Waals surface area contributed by atoms with Gasteiger partial charge < -0.3 is 19.9 Å². The molecule has 0 amide bonds. The monoisotopic (exact) mass is 491 g/mol. The van der Waals surface area contributed by atoms with Crippen molar-refractivity contribution in [3.05, 3.63) is 106 Å². The summed E-state index contributed by atoms with van der Waals surface area (Å²) >= 11 is 6.63. The van der Waals surface area contributed by atoms with Crippen LogP contribution in [0, 0.1) is 6.92 Å². The summed E-state index contributed by atoms with van der Waals surface area (Å²) in [5.41, 5.74) is 4.76. The van der Waals surface area contributed by atoms with Gasteiger partial charge in [0, 0.05) is 18.2 Å². The second kappa shape index (κ2) is 11.9. The standard InChI is InChI=1S/C28H30ClN3O3/c1-20-25(28(29)32(31-20)24-11-7-4-8-12-24)19-35-26-14-13-22(16-27(26)34-2)17-30-23(18-33)15-21-9-5-3-6-10-21/h3-14,16,23,30,33H,15,17-19H2,1-2H3/t23-/m0/s1. The molecule has 4 rings (SSSR count). The number of hydrogen-bond acceptors (Lipinski definition) is 5. The molecule has 1 atom stereocenters. The maximum absolute atomic E-state index is 9.78. The number of aromatic nitrogens is 2. The topological polar surface area (TPSA) is 68.5 Å². The Labute approximate surface area is 211 Å². The summed E-state index contributed by atoms with van der Waals surface area (Å²) < 4.78 is 13.4. The molecule has 7 heteroatoms. The van der Waals surface area contributed by atoms with Crippen LogP contribution in [-0.4, -0.2) is 34.6 Å². The van der Waals surface area contributed by atoms with Crippen LogP contribution in [-0.2, 0) is 19.6 Å². The first kappa shape index (κ1) is 24.8. The van der Waals surface area contributed by atoms with Gasteiger partial charge in [0.05, 0.1) is 25.1 Å². The number of ether oxygens (including phenoxy) is 2. The Morgan fingerprint density at radius 2 is 1.69 bits per heavy atom. The van der Waals surface area contributed by atoms with Crippen LogP contribution < -0.4 is 14.8 Å². The molecule has 35 heavy (non-hydrogen) atoms. The second-order valence-electron chi connectivity index (χ2n) is 8.33. The summed E-state index contributed by atoms with van der Waals surface area (Å²) in [7, 11) is 1.62. The van der Waals surface area contributed by atoms with E-state index in [-0.39, 0.29) is 19.3 Å². The maximum atomic E-state index is 9.78. The van der Waals surface area contributed by atoms with Gasteiger partial charge in [-0.2, -0.15) is 5.10 Å². The van der Waals surface area contributed by atoms with Crippen LogP contribution in [0.5, 0.6) is 11.5 Å². The van der Waals surface area contributed by atoms with Crippen LogP contribution in [0.25, 0.3) is 5.69 Å². The highest BCUT2D eigenvalue weighted by Gasteiger charge is 2.16. The van der Waals surface area contributed by atoms with Gasteiger partial charge in [0.25, 0.3) is 0 Å². The lowest BCUT2D eigenvalue weighted by Gasteiger charge is -2.17. The number of halogens is 1. The fraction of sp³-hybridized carbons (Fsp3) is 0.250. The lowest BCUT2D eigenvalue weighted by Crippen LogP contribution is -2.34. The summed E-state index contributed by atoms with van der Waals surface area (Å²) in [6, 6.07) is 25.7. The molecule has 0 unspecified atom stereocenters. The fourth-order valence-electron chi connectivity index (χ4n) is 3.89. The smallest absolute Gasteiger partial charge is 0.161 e. The highest BCUT2D eigenvalue weighted by molar-refractivity contribution is 6.30. The molecule has 1 aromatic heterocycles. The highest BCUT2D eigenvalue weighted by Crippen LogP contribution is 2.31. The summed E-state index contributed by atoms with van der Waals surface area (Å²) in [4.78, 5) is 0. The van der Waals surface area contributed by atoms with Crippen molar-refractivity contribution in [2.24, 2.45) is 0 Å². The third-order valence-corrected chi connectivity index (χ3v) is 6.25. The molecule has 2 N–H and O–H groups in total. The number of aliphatic hydroxyl groups excluding tert-OH is 1. The molecular weight excluding hydrogens is 462 g/mol. The van der Waals surface area contributed by atoms with Crippen molar-refractivity contribution < 1.29 is 14.6 Å². The lowest BCUT2D eigenvalue weighted by atomic mass is 10.1. The van der Waals surface area contributed by atoms with Gasteiger partial charge in [-0.1, -0.05) is 66.2 Å². The number of para-hydroxylation sites is 1. The molecule has 0 radical (unpaired) electrons. The molecule has 182 valence electrons. The number of aliphatic hydroxyl groups is 1. The van der Waals surface area contributed by atoms with E-state index in [1.807, 2.05) is 73.7 Å². The Morgan fingerprint density at radius 3 is 2.37 bits per heavy atom. The second-order valence-corrected chi connectivity index (χ2v) is 8.68. The molecule has 0 bridgehead atoms. The minimum absolute atomic E-state index is 0.0365. The SMILES string of the molecule is COc1cc(CN[C@H](CO)Cc2ccccc2)ccc1OCc1c(C)nn(-c2ccccc2)c1Cl. The van der Waals surface area contributed by atoms with Crippen molar-refractivity contribution in [3.8, 4) is 17.2 Å². The zero-order valence-corrected chi connectivity index (χ0v) is 20.7. The van der Waals surface area contributed by atoms with E-state index >= 15 is 0 Å². The Morgan fingerprint density at radius 1 is 0.971 bits per heavy atom. The molecule has 1 heterocycles. The lowest BCUT2D eigenvalue weighted by molar-refractivity contribution is 0.240. The van der Waals surface area contributed by atoms with E-state index in [1.165, 1.54) is 5.56 Å². The van der Waals surface area contributed by atoms with Crippen molar-refractivity contribution >= 4 is 11.6 Å². The first-order valence-corrected chi connectivity index (χ1v) is 11.9. The van der Waals surface area contributed by atoms with Crippen molar-refractivity contribution in [2.75, 3.05) is 13.7 Å². The number of hydrogen-bond donors (Lipinski definition) is 2. The largest absolute Gasteiger partial charge is 0.493 e. The van der Waals surface area contributed by atoms with E-state index < -0.39 is 0 Å². The molecule has 0 saturated carbocycles. The van der Waals surface area contributed by atoms with Crippen LogP contribution in [0.1, 0.15) is 22.4 Å². The first-order valence-electron chi connectivity index (χ1n) is 11.6. The van der Waals surface area contributed by atoms with Gasteiger partial charge in [-0.3, -0.25) is 0 Å². The summed E-state index contributed by atoms with van der Waals surface area (Å²) in [6.07, 6.45) is 0.756. The fourth-order valence-corrected chi connectivity index (χ4v) is 4.22. The van der Waals surface area contributed by atoms with Crippen molar-refractivity contribution in [2.45, 2.75) is 32.5 Å². The number of benzene rings is 3. The number of nitrogens with zero attached hydrogens (tertiary/aromatic N) is 2. The van der Waals surface area contributed by atoms with Crippen molar-refractivity contribution in [3.63, 3.8) is 0 Å². The van der Waals surface area contributed by atoms with E-state index in [0.29, 0.717) is 23.2 Å². The van der Waals surface area contributed by atoms with Crippen LogP contribution in [0.15, 0.2) is 78.9 Å². The summed E-state index contributed by atoms with van der Waals surface area (Å²) in [5.74, 6) is 1.26. The zero-order valence-electron chi connectivity index (χ0n) is 19.9. The van der Waals surface area contributed by atoms with Gasteiger partial charge in [0.2, 0.25) is 0 Å². The molecule has 0 spiro atoms. The summed E-state index contributed by atoms with van der Waals surface area (Å²) in [6.45, 7) is 2.85. The quantitative estimate of drug-likeness (QED) is 0.305. The Bertz CT molecular complexity index is 1230. The average molecular weight is 492 g/mol. The number of aryl methyl sites for hydroxylation is 1. The Balaban J connectivity index is 1.40. The zero-order chi connectivity index (χ0) is 24.6. The molecule has 6 nitrogen and oxygen atoms in total. The molecule has 0 saturated heterocycles. The maximum Gasteiger partial charge on any atom is 0.161 e. The van der Waals surface area contributed by atoms with Gasteiger partial charge >= 0.3 is 0 Å². The molecule has 0 aliphatic heterocycles. The minimum Gasteiger partial charge on any atom is -0.493 e. The molecule has 0 aliphatic carbocycles. The van der Waals surface area contributed by atoms with Crippen LogP contribution in [0.4, 0.5) is 0 Å². The van der Waals surface area contributed by atoms with Gasteiger partial charge in [-0.25, -0.2) is 4.68 Å². The van der Waals surface area contributed by atoms with Gasteiger partial charge in [0.1, 0.15) is 11.8 Å².